The number of carbonyl (C=O) groups is 1. The predicted octanol–water partition coefficient (Wildman–Crippen LogP) is 0.946. The average Bonchev–Trinajstić information content (AvgIpc) is 2.58. The zero-order valence-electron chi connectivity index (χ0n) is 12.5. The van der Waals surface area contributed by atoms with Gasteiger partial charge in [-0.15, -0.1) is 10.2 Å². The van der Waals surface area contributed by atoms with E-state index in [0.717, 1.165) is 44.2 Å². The Morgan fingerprint density at radius 1 is 1.13 bits per heavy atom. The minimum absolute atomic E-state index is 0.182. The lowest BCUT2D eigenvalue weighted by atomic mass is 10.2. The van der Waals surface area contributed by atoms with E-state index in [1.54, 1.807) is 18.3 Å². The van der Waals surface area contributed by atoms with Crippen LogP contribution in [0, 0.1) is 0 Å². The van der Waals surface area contributed by atoms with Gasteiger partial charge in [-0.1, -0.05) is 11.6 Å². The average molecular weight is 333 g/mol. The highest BCUT2D eigenvalue weighted by atomic mass is 35.5. The molecule has 1 saturated heterocycles. The molecule has 0 atom stereocenters. The van der Waals surface area contributed by atoms with Gasteiger partial charge in [-0.05, 0) is 24.3 Å². The number of halogens is 1. The van der Waals surface area contributed by atoms with Crippen molar-refractivity contribution in [3.63, 3.8) is 0 Å². The van der Waals surface area contributed by atoms with Crippen molar-refractivity contribution in [2.45, 2.75) is 6.54 Å². The maximum Gasteiger partial charge on any atom is 0.269 e. The van der Waals surface area contributed by atoms with Crippen LogP contribution < -0.4 is 10.6 Å². The van der Waals surface area contributed by atoms with Crippen LogP contribution in [0.3, 0.4) is 0 Å². The highest BCUT2D eigenvalue weighted by molar-refractivity contribution is 6.30. The molecule has 0 aromatic carbocycles. The Labute approximate surface area is 139 Å². The van der Waals surface area contributed by atoms with E-state index in [-0.39, 0.29) is 5.69 Å². The molecule has 120 valence electrons. The number of piperazine rings is 1. The summed E-state index contributed by atoms with van der Waals surface area (Å²) in [4.78, 5) is 19.8. The SMILES string of the molecule is NC(=O)c1ccc(N2CCN(Cc3ccc(Cl)cn3)CC2)nn1. The van der Waals surface area contributed by atoms with Gasteiger partial charge in [0.05, 0.1) is 10.7 Å². The second-order valence-corrected chi connectivity index (χ2v) is 5.81. The molecule has 0 unspecified atom stereocenters. The fourth-order valence-corrected chi connectivity index (χ4v) is 2.60. The summed E-state index contributed by atoms with van der Waals surface area (Å²) in [6.45, 7) is 4.31. The van der Waals surface area contributed by atoms with Gasteiger partial charge in [-0.25, -0.2) is 0 Å². The summed E-state index contributed by atoms with van der Waals surface area (Å²) < 4.78 is 0. The first kappa shape index (κ1) is 15.6. The van der Waals surface area contributed by atoms with Gasteiger partial charge in [0.1, 0.15) is 0 Å². The molecule has 1 aliphatic rings. The Hall–Kier alpha value is -2.25. The van der Waals surface area contributed by atoms with Gasteiger partial charge in [0.2, 0.25) is 0 Å². The minimum atomic E-state index is -0.565. The van der Waals surface area contributed by atoms with Gasteiger partial charge in [0.25, 0.3) is 5.91 Å². The second-order valence-electron chi connectivity index (χ2n) is 5.37. The molecule has 1 amide bonds. The summed E-state index contributed by atoms with van der Waals surface area (Å²) in [5.41, 5.74) is 6.36. The van der Waals surface area contributed by atoms with E-state index in [0.29, 0.717) is 5.02 Å². The van der Waals surface area contributed by atoms with Crippen molar-refractivity contribution in [2.24, 2.45) is 5.73 Å². The lowest BCUT2D eigenvalue weighted by Crippen LogP contribution is -2.46. The Kier molecular flexibility index (Phi) is 4.68. The van der Waals surface area contributed by atoms with Crippen LogP contribution in [0.1, 0.15) is 16.2 Å². The Morgan fingerprint density at radius 2 is 1.91 bits per heavy atom. The van der Waals surface area contributed by atoms with Crippen LogP contribution in [-0.2, 0) is 6.54 Å². The summed E-state index contributed by atoms with van der Waals surface area (Å²) in [5.74, 6) is 0.198. The van der Waals surface area contributed by atoms with Crippen molar-refractivity contribution < 1.29 is 4.79 Å². The van der Waals surface area contributed by atoms with Gasteiger partial charge in [-0.3, -0.25) is 14.7 Å². The Morgan fingerprint density at radius 3 is 2.48 bits per heavy atom. The number of primary amides is 1. The van der Waals surface area contributed by atoms with E-state index in [9.17, 15) is 4.79 Å². The summed E-state index contributed by atoms with van der Waals surface area (Å²) in [6.07, 6.45) is 1.67. The van der Waals surface area contributed by atoms with Crippen molar-refractivity contribution in [1.82, 2.24) is 20.1 Å². The first-order valence-electron chi connectivity index (χ1n) is 7.33. The molecule has 0 bridgehead atoms. The monoisotopic (exact) mass is 332 g/mol. The number of nitrogens with two attached hydrogens (primary N) is 1. The van der Waals surface area contributed by atoms with Gasteiger partial charge in [0.15, 0.2) is 11.5 Å². The third kappa shape index (κ3) is 3.94. The number of pyridine rings is 1. The third-order valence-corrected chi connectivity index (χ3v) is 4.00. The number of amides is 1. The molecule has 23 heavy (non-hydrogen) atoms. The second kappa shape index (κ2) is 6.89. The van der Waals surface area contributed by atoms with Crippen LogP contribution in [-0.4, -0.2) is 52.2 Å². The molecule has 0 radical (unpaired) electrons. The quantitative estimate of drug-likeness (QED) is 0.896. The van der Waals surface area contributed by atoms with Crippen molar-refractivity contribution in [3.05, 3.63) is 46.9 Å². The zero-order valence-corrected chi connectivity index (χ0v) is 13.3. The standard InChI is InChI=1S/C15H17ClN6O/c16-11-1-2-12(18-9-11)10-21-5-7-22(8-6-21)14-4-3-13(15(17)23)19-20-14/h1-4,9H,5-8,10H2,(H2,17,23). The highest BCUT2D eigenvalue weighted by Crippen LogP contribution is 2.14. The van der Waals surface area contributed by atoms with Crippen molar-refractivity contribution >= 4 is 23.3 Å². The van der Waals surface area contributed by atoms with Gasteiger partial charge in [0, 0.05) is 38.9 Å². The van der Waals surface area contributed by atoms with Gasteiger partial charge >= 0.3 is 0 Å². The molecule has 2 aromatic heterocycles. The van der Waals surface area contributed by atoms with Gasteiger partial charge in [-0.2, -0.15) is 0 Å². The van der Waals surface area contributed by atoms with E-state index in [1.807, 2.05) is 12.1 Å². The molecule has 1 aliphatic heterocycles. The Bertz CT molecular complexity index is 667. The number of nitrogens with zero attached hydrogens (tertiary/aromatic N) is 5. The molecule has 3 rings (SSSR count). The van der Waals surface area contributed by atoms with Crippen LogP contribution in [0.4, 0.5) is 5.82 Å². The van der Waals surface area contributed by atoms with E-state index in [1.165, 1.54) is 0 Å². The smallest absolute Gasteiger partial charge is 0.269 e. The highest BCUT2D eigenvalue weighted by Gasteiger charge is 2.19. The number of hydrogen-bond donors (Lipinski definition) is 1. The van der Waals surface area contributed by atoms with Crippen LogP contribution >= 0.6 is 11.6 Å². The van der Waals surface area contributed by atoms with Gasteiger partial charge < -0.3 is 10.6 Å². The van der Waals surface area contributed by atoms with Crippen LogP contribution in [0.5, 0.6) is 0 Å². The number of rotatable bonds is 4. The molecule has 0 saturated carbocycles. The molecule has 0 aliphatic carbocycles. The fourth-order valence-electron chi connectivity index (χ4n) is 2.49. The molecule has 7 nitrogen and oxygen atoms in total. The summed E-state index contributed by atoms with van der Waals surface area (Å²) in [5, 5.41) is 8.57. The summed E-state index contributed by atoms with van der Waals surface area (Å²) >= 11 is 5.85. The van der Waals surface area contributed by atoms with E-state index >= 15 is 0 Å². The van der Waals surface area contributed by atoms with E-state index < -0.39 is 5.91 Å². The largest absolute Gasteiger partial charge is 0.364 e. The van der Waals surface area contributed by atoms with Crippen molar-refractivity contribution in [2.75, 3.05) is 31.1 Å². The molecule has 8 heteroatoms. The molecule has 2 aromatic rings. The van der Waals surface area contributed by atoms with E-state index in [2.05, 4.69) is 25.0 Å². The van der Waals surface area contributed by atoms with Crippen LogP contribution in [0.2, 0.25) is 5.02 Å². The lowest BCUT2D eigenvalue weighted by molar-refractivity contribution is 0.0994. The predicted molar refractivity (Wildman–Crippen MR) is 87.3 cm³/mol. The van der Waals surface area contributed by atoms with Crippen molar-refractivity contribution in [1.29, 1.82) is 0 Å². The molecular formula is C15H17ClN6O. The fraction of sp³-hybridized carbons (Fsp3) is 0.333. The van der Waals surface area contributed by atoms with Crippen LogP contribution in [0.25, 0.3) is 0 Å². The summed E-state index contributed by atoms with van der Waals surface area (Å²) in [6, 6.07) is 7.19. The lowest BCUT2D eigenvalue weighted by Gasteiger charge is -2.34. The maximum atomic E-state index is 11.0. The topological polar surface area (TPSA) is 88.2 Å². The van der Waals surface area contributed by atoms with Crippen molar-refractivity contribution in [3.8, 4) is 0 Å². The number of aromatic nitrogens is 3. The zero-order chi connectivity index (χ0) is 16.2. The van der Waals surface area contributed by atoms with Crippen LogP contribution in [0.15, 0.2) is 30.5 Å². The molecule has 2 N–H and O–H groups in total. The molecule has 1 fully saturated rings. The first-order valence-corrected chi connectivity index (χ1v) is 7.71. The molecular weight excluding hydrogens is 316 g/mol. The summed E-state index contributed by atoms with van der Waals surface area (Å²) in [7, 11) is 0. The third-order valence-electron chi connectivity index (χ3n) is 3.77. The molecule has 3 heterocycles. The first-order chi connectivity index (χ1) is 11.1. The Balaban J connectivity index is 1.55. The maximum absolute atomic E-state index is 11.0. The number of hydrogen-bond acceptors (Lipinski definition) is 6. The van der Waals surface area contributed by atoms with E-state index in [4.69, 9.17) is 17.3 Å². The minimum Gasteiger partial charge on any atom is -0.364 e. The number of carbonyl (C=O) groups excluding carboxylic acids is 1. The number of anilines is 1. The molecule has 0 spiro atoms. The normalized spacial score (nSPS) is 15.6.